The Morgan fingerprint density at radius 2 is 1.70 bits per heavy atom. The maximum atomic E-state index is 12.0. The molecule has 1 heterocycles. The fraction of sp³-hybridized carbons (Fsp3) is 0.500. The molecule has 0 saturated heterocycles. The molecule has 0 radical (unpaired) electrons. The third-order valence-electron chi connectivity index (χ3n) is 5.32. The summed E-state index contributed by atoms with van der Waals surface area (Å²) in [6, 6.07) is 10.9. The number of ether oxygens (including phenoxy) is 2. The van der Waals surface area contributed by atoms with Gasteiger partial charge in [-0.15, -0.1) is 0 Å². The minimum Gasteiger partial charge on any atom is -0.496 e. The van der Waals surface area contributed by atoms with Gasteiger partial charge in [-0.25, -0.2) is 4.79 Å². The van der Waals surface area contributed by atoms with Gasteiger partial charge in [0.05, 0.1) is 7.11 Å². The second kappa shape index (κ2) is 9.94. The lowest BCUT2D eigenvalue weighted by atomic mass is 9.91. The van der Waals surface area contributed by atoms with Crippen molar-refractivity contribution in [2.24, 2.45) is 0 Å². The van der Waals surface area contributed by atoms with E-state index in [9.17, 15) is 4.79 Å². The zero-order valence-electron chi connectivity index (χ0n) is 18.4. The van der Waals surface area contributed by atoms with E-state index in [1.165, 1.54) is 0 Å². The normalized spacial score (nSPS) is 19.2. The van der Waals surface area contributed by atoms with Gasteiger partial charge in [0.25, 0.3) is 0 Å². The third-order valence-corrected chi connectivity index (χ3v) is 5.32. The molecule has 1 amide bonds. The minimum absolute atomic E-state index is 0.183. The molecule has 1 aliphatic carbocycles. The molecule has 2 aromatic rings. The second-order valence-electron chi connectivity index (χ2n) is 8.84. The van der Waals surface area contributed by atoms with Crippen LogP contribution in [0.15, 0.2) is 42.7 Å². The summed E-state index contributed by atoms with van der Waals surface area (Å²) < 4.78 is 10.9. The van der Waals surface area contributed by atoms with E-state index in [-0.39, 0.29) is 12.1 Å². The Morgan fingerprint density at radius 3 is 2.33 bits per heavy atom. The monoisotopic (exact) mass is 411 g/mol. The van der Waals surface area contributed by atoms with Crippen molar-refractivity contribution in [2.75, 3.05) is 7.11 Å². The number of hydrogen-bond donors (Lipinski definition) is 2. The molecule has 0 spiro atoms. The summed E-state index contributed by atoms with van der Waals surface area (Å²) in [6.45, 7) is 6.39. The molecule has 1 aromatic carbocycles. The van der Waals surface area contributed by atoms with Crippen LogP contribution in [0.25, 0.3) is 11.1 Å². The van der Waals surface area contributed by atoms with Gasteiger partial charge >= 0.3 is 6.09 Å². The Bertz CT molecular complexity index is 825. The van der Waals surface area contributed by atoms with Crippen LogP contribution >= 0.6 is 0 Å². The van der Waals surface area contributed by atoms with E-state index >= 15 is 0 Å². The summed E-state index contributed by atoms with van der Waals surface area (Å²) in [6.07, 6.45) is 7.23. The Labute approximate surface area is 179 Å². The molecular formula is C24H33N3O3. The largest absolute Gasteiger partial charge is 0.496 e. The lowest BCUT2D eigenvalue weighted by Gasteiger charge is -2.30. The number of nitrogens with zero attached hydrogens (tertiary/aromatic N) is 1. The van der Waals surface area contributed by atoms with Crippen LogP contribution in [0.5, 0.6) is 5.75 Å². The molecule has 1 fully saturated rings. The highest BCUT2D eigenvalue weighted by molar-refractivity contribution is 5.68. The number of carbonyl (C=O) groups excluding carboxylic acids is 1. The van der Waals surface area contributed by atoms with Crippen molar-refractivity contribution in [1.29, 1.82) is 0 Å². The van der Waals surface area contributed by atoms with Crippen molar-refractivity contribution < 1.29 is 14.3 Å². The van der Waals surface area contributed by atoms with Gasteiger partial charge in [-0.2, -0.15) is 0 Å². The first-order valence-electron chi connectivity index (χ1n) is 10.6. The Morgan fingerprint density at radius 1 is 1.03 bits per heavy atom. The number of alkyl carbamates (subject to hydrolysis) is 1. The SMILES string of the molecule is COc1ccc(-c2ccncc2)cc1CN[C@H]1CC[C@@H](NC(=O)OC(C)(C)C)CC1. The van der Waals surface area contributed by atoms with Gasteiger partial charge < -0.3 is 20.1 Å². The molecule has 2 N–H and O–H groups in total. The van der Waals surface area contributed by atoms with Crippen LogP contribution in [-0.4, -0.2) is 35.9 Å². The van der Waals surface area contributed by atoms with Crippen LogP contribution in [-0.2, 0) is 11.3 Å². The van der Waals surface area contributed by atoms with Crippen molar-refractivity contribution in [3.05, 3.63) is 48.3 Å². The number of amides is 1. The zero-order chi connectivity index (χ0) is 21.6. The number of pyridine rings is 1. The number of hydrogen-bond acceptors (Lipinski definition) is 5. The molecule has 6 heteroatoms. The average Bonchev–Trinajstić information content (AvgIpc) is 2.72. The molecule has 1 aromatic heterocycles. The van der Waals surface area contributed by atoms with Crippen LogP contribution in [0.3, 0.4) is 0 Å². The summed E-state index contributed by atoms with van der Waals surface area (Å²) in [7, 11) is 1.71. The molecule has 162 valence electrons. The number of nitrogens with one attached hydrogen (secondary N) is 2. The smallest absolute Gasteiger partial charge is 0.407 e. The first-order chi connectivity index (χ1) is 14.3. The quantitative estimate of drug-likeness (QED) is 0.722. The van der Waals surface area contributed by atoms with E-state index in [1.54, 1.807) is 19.5 Å². The summed E-state index contributed by atoms with van der Waals surface area (Å²) >= 11 is 0. The highest BCUT2D eigenvalue weighted by atomic mass is 16.6. The molecule has 6 nitrogen and oxygen atoms in total. The third kappa shape index (κ3) is 6.46. The van der Waals surface area contributed by atoms with Gasteiger partial charge in [0.1, 0.15) is 11.4 Å². The van der Waals surface area contributed by atoms with Crippen LogP contribution in [0, 0.1) is 0 Å². The van der Waals surface area contributed by atoms with Crippen molar-refractivity contribution in [2.45, 2.75) is 70.7 Å². The van der Waals surface area contributed by atoms with Crippen LogP contribution in [0.2, 0.25) is 0 Å². The average molecular weight is 412 g/mol. The summed E-state index contributed by atoms with van der Waals surface area (Å²) in [5.41, 5.74) is 2.97. The fourth-order valence-corrected chi connectivity index (χ4v) is 3.81. The van der Waals surface area contributed by atoms with Crippen molar-refractivity contribution >= 4 is 6.09 Å². The van der Waals surface area contributed by atoms with E-state index in [1.807, 2.05) is 39.0 Å². The molecule has 1 saturated carbocycles. The molecule has 0 aliphatic heterocycles. The summed E-state index contributed by atoms with van der Waals surface area (Å²) in [5, 5.41) is 6.67. The van der Waals surface area contributed by atoms with E-state index in [0.29, 0.717) is 6.04 Å². The summed E-state index contributed by atoms with van der Waals surface area (Å²) in [5.74, 6) is 0.889. The van der Waals surface area contributed by atoms with Crippen molar-refractivity contribution in [3.63, 3.8) is 0 Å². The van der Waals surface area contributed by atoms with Crippen molar-refractivity contribution in [1.82, 2.24) is 15.6 Å². The number of benzene rings is 1. The Balaban J connectivity index is 1.52. The predicted molar refractivity (Wildman–Crippen MR) is 118 cm³/mol. The second-order valence-corrected chi connectivity index (χ2v) is 8.84. The molecule has 0 unspecified atom stereocenters. The van der Waals surface area contributed by atoms with E-state index in [2.05, 4.69) is 27.8 Å². The standard InChI is InChI=1S/C24H33N3O3/c1-24(2,3)30-23(28)27-21-8-6-20(7-9-21)26-16-19-15-18(5-10-22(19)29-4)17-11-13-25-14-12-17/h5,10-15,20-21,26H,6-9,16H2,1-4H3,(H,27,28)/t20-,21+. The first kappa shape index (κ1) is 22.1. The zero-order valence-corrected chi connectivity index (χ0v) is 18.4. The first-order valence-corrected chi connectivity index (χ1v) is 10.6. The highest BCUT2D eigenvalue weighted by Gasteiger charge is 2.24. The van der Waals surface area contributed by atoms with Gasteiger partial charge in [0.15, 0.2) is 0 Å². The molecule has 0 atom stereocenters. The van der Waals surface area contributed by atoms with Crippen LogP contribution in [0.1, 0.15) is 52.0 Å². The highest BCUT2D eigenvalue weighted by Crippen LogP contribution is 2.27. The van der Waals surface area contributed by atoms with Gasteiger partial charge in [0, 0.05) is 36.6 Å². The maximum absolute atomic E-state index is 12.0. The number of methoxy groups -OCH3 is 1. The lowest BCUT2D eigenvalue weighted by Crippen LogP contribution is -2.43. The van der Waals surface area contributed by atoms with Gasteiger partial charge in [-0.05, 0) is 81.8 Å². The molecule has 0 bridgehead atoms. The molecule has 30 heavy (non-hydrogen) atoms. The molecule has 1 aliphatic rings. The predicted octanol–water partition coefficient (Wildman–Crippen LogP) is 4.68. The lowest BCUT2D eigenvalue weighted by molar-refractivity contribution is 0.0489. The van der Waals surface area contributed by atoms with Crippen molar-refractivity contribution in [3.8, 4) is 16.9 Å². The van der Waals surface area contributed by atoms with Gasteiger partial charge in [0.2, 0.25) is 0 Å². The molecular weight excluding hydrogens is 378 g/mol. The van der Waals surface area contributed by atoms with Crippen LogP contribution < -0.4 is 15.4 Å². The Hall–Kier alpha value is -2.60. The van der Waals surface area contributed by atoms with E-state index in [4.69, 9.17) is 9.47 Å². The Kier molecular flexibility index (Phi) is 7.32. The number of carbonyl (C=O) groups is 1. The number of rotatable bonds is 6. The number of aromatic nitrogens is 1. The fourth-order valence-electron chi connectivity index (χ4n) is 3.81. The minimum atomic E-state index is -0.466. The van der Waals surface area contributed by atoms with E-state index in [0.717, 1.165) is 54.7 Å². The topological polar surface area (TPSA) is 72.5 Å². The molecule has 3 rings (SSSR count). The van der Waals surface area contributed by atoms with Crippen LogP contribution in [0.4, 0.5) is 4.79 Å². The van der Waals surface area contributed by atoms with Gasteiger partial charge in [-0.1, -0.05) is 6.07 Å². The maximum Gasteiger partial charge on any atom is 0.407 e. The summed E-state index contributed by atoms with van der Waals surface area (Å²) in [4.78, 5) is 16.1. The van der Waals surface area contributed by atoms with Gasteiger partial charge in [-0.3, -0.25) is 4.98 Å². The van der Waals surface area contributed by atoms with E-state index < -0.39 is 5.60 Å².